The van der Waals surface area contributed by atoms with Gasteiger partial charge in [-0.25, -0.2) is 0 Å². The van der Waals surface area contributed by atoms with Crippen molar-refractivity contribution in [3.05, 3.63) is 0 Å². The first-order chi connectivity index (χ1) is 10.2. The van der Waals surface area contributed by atoms with E-state index in [1.54, 1.807) is 0 Å². The molecule has 2 fully saturated rings. The highest BCUT2D eigenvalue weighted by Crippen LogP contribution is 2.42. The molecule has 0 aromatic rings. The van der Waals surface area contributed by atoms with Crippen LogP contribution in [0, 0.1) is 0 Å². The van der Waals surface area contributed by atoms with Crippen molar-refractivity contribution in [3.63, 3.8) is 0 Å². The fraction of sp³-hybridized carbons (Fsp3) is 0.941. The zero-order chi connectivity index (χ0) is 16.4. The van der Waals surface area contributed by atoms with Gasteiger partial charge >= 0.3 is 5.97 Å². The maximum atomic E-state index is 12.5. The summed E-state index contributed by atoms with van der Waals surface area (Å²) < 4.78 is 5.18. The highest BCUT2D eigenvalue weighted by atomic mass is 127. The lowest BCUT2D eigenvalue weighted by molar-refractivity contribution is -0.174. The number of rotatable bonds is 6. The number of hydrogen-bond donors (Lipinski definition) is 2. The van der Waals surface area contributed by atoms with Crippen LogP contribution in [0.2, 0.25) is 0 Å². The number of hydrogen-bond acceptors (Lipinski definition) is 4. The van der Waals surface area contributed by atoms with Gasteiger partial charge in [0.25, 0.3) is 0 Å². The zero-order valence-electron chi connectivity index (χ0n) is 13.7. The first-order valence-electron chi connectivity index (χ1n) is 8.56. The molecule has 0 spiro atoms. The predicted molar refractivity (Wildman–Crippen MR) is 94.0 cm³/mol. The lowest BCUT2D eigenvalue weighted by Crippen LogP contribution is -2.49. The van der Waals surface area contributed by atoms with Gasteiger partial charge in [-0.2, -0.15) is 0 Å². The second-order valence-corrected chi connectivity index (χ2v) is 9.77. The molecule has 2 unspecified atom stereocenters. The van der Waals surface area contributed by atoms with E-state index in [0.717, 1.165) is 38.5 Å². The first-order valence-corrected chi connectivity index (χ1v) is 9.63. The Hall–Kier alpha value is 0.120. The molecule has 2 aliphatic rings. The molecule has 0 saturated heterocycles. The van der Waals surface area contributed by atoms with Crippen molar-refractivity contribution >= 4 is 28.6 Å². The maximum Gasteiger partial charge on any atom is 0.322 e. The van der Waals surface area contributed by atoms with Crippen molar-refractivity contribution in [2.45, 2.75) is 98.8 Å². The van der Waals surface area contributed by atoms with Gasteiger partial charge in [0.1, 0.15) is 15.1 Å². The van der Waals surface area contributed by atoms with Gasteiger partial charge in [-0.1, -0.05) is 55.2 Å². The van der Waals surface area contributed by atoms with E-state index < -0.39 is 20.7 Å². The molecule has 0 aromatic heterocycles. The number of ether oxygens (including phenoxy) is 1. The monoisotopic (exact) mass is 424 g/mol. The average Bonchev–Trinajstić information content (AvgIpc) is 3.08. The second-order valence-electron chi connectivity index (χ2n) is 7.39. The van der Waals surface area contributed by atoms with E-state index in [1.165, 1.54) is 0 Å². The fourth-order valence-electron chi connectivity index (χ4n) is 3.63. The van der Waals surface area contributed by atoms with E-state index in [4.69, 9.17) is 4.74 Å². The SMILES string of the molecule is CCC(C)(I)C(=O)OC(CC1(O)CCCC1)C1(O)CCCC1. The summed E-state index contributed by atoms with van der Waals surface area (Å²) in [7, 11) is 0. The Kier molecular flexibility index (Phi) is 5.82. The smallest absolute Gasteiger partial charge is 0.322 e. The summed E-state index contributed by atoms with van der Waals surface area (Å²) in [6.45, 7) is 3.81. The van der Waals surface area contributed by atoms with E-state index in [9.17, 15) is 15.0 Å². The van der Waals surface area contributed by atoms with E-state index in [-0.39, 0.29) is 5.97 Å². The van der Waals surface area contributed by atoms with Gasteiger partial charge in [0.15, 0.2) is 0 Å². The molecule has 0 aromatic carbocycles. The molecule has 0 bridgehead atoms. The standard InChI is InChI=1S/C17H29IO4/c1-3-15(2,18)14(19)22-13(17(21)10-6-7-11-17)12-16(20)8-4-5-9-16/h13,20-21H,3-12H2,1-2H3. The van der Waals surface area contributed by atoms with Crippen LogP contribution in [0.15, 0.2) is 0 Å². The summed E-state index contributed by atoms with van der Waals surface area (Å²) in [6, 6.07) is 0. The largest absolute Gasteiger partial charge is 0.458 e. The van der Waals surface area contributed by atoms with Crippen LogP contribution in [-0.4, -0.2) is 36.9 Å². The highest BCUT2D eigenvalue weighted by Gasteiger charge is 2.48. The zero-order valence-corrected chi connectivity index (χ0v) is 15.9. The van der Waals surface area contributed by atoms with Crippen LogP contribution in [0.25, 0.3) is 0 Å². The van der Waals surface area contributed by atoms with Gasteiger partial charge in [0.2, 0.25) is 0 Å². The molecular weight excluding hydrogens is 395 g/mol. The van der Waals surface area contributed by atoms with E-state index >= 15 is 0 Å². The molecule has 5 heteroatoms. The molecule has 4 nitrogen and oxygen atoms in total. The second kappa shape index (κ2) is 6.93. The third-order valence-electron chi connectivity index (χ3n) is 5.51. The van der Waals surface area contributed by atoms with Crippen LogP contribution in [-0.2, 0) is 9.53 Å². The summed E-state index contributed by atoms with van der Waals surface area (Å²) in [5.74, 6) is -0.275. The number of alkyl halides is 1. The molecule has 22 heavy (non-hydrogen) atoms. The minimum atomic E-state index is -0.964. The molecule has 0 amide bonds. The number of carbonyl (C=O) groups is 1. The van der Waals surface area contributed by atoms with Gasteiger partial charge in [-0.05, 0) is 39.0 Å². The fourth-order valence-corrected chi connectivity index (χ4v) is 3.76. The Bertz CT molecular complexity index is 395. The van der Waals surface area contributed by atoms with Crippen LogP contribution < -0.4 is 0 Å². The highest BCUT2D eigenvalue weighted by molar-refractivity contribution is 14.1. The van der Waals surface area contributed by atoms with E-state index in [2.05, 4.69) is 22.6 Å². The van der Waals surface area contributed by atoms with Gasteiger partial charge < -0.3 is 14.9 Å². The Morgan fingerprint density at radius 1 is 1.18 bits per heavy atom. The number of aliphatic hydroxyl groups is 2. The minimum absolute atomic E-state index is 0.275. The minimum Gasteiger partial charge on any atom is -0.458 e. The molecule has 0 radical (unpaired) electrons. The number of esters is 1. The van der Waals surface area contributed by atoms with Crippen LogP contribution in [0.4, 0.5) is 0 Å². The Morgan fingerprint density at radius 3 is 2.18 bits per heavy atom. The van der Waals surface area contributed by atoms with Gasteiger partial charge in [-0.3, -0.25) is 4.79 Å². The van der Waals surface area contributed by atoms with Crippen molar-refractivity contribution in [2.24, 2.45) is 0 Å². The van der Waals surface area contributed by atoms with Crippen molar-refractivity contribution < 1.29 is 19.7 Å². The van der Waals surface area contributed by atoms with Crippen LogP contribution >= 0.6 is 22.6 Å². The molecule has 2 rings (SSSR count). The molecule has 2 saturated carbocycles. The summed E-state index contributed by atoms with van der Waals surface area (Å²) >= 11 is 2.12. The van der Waals surface area contributed by atoms with E-state index in [1.807, 2.05) is 13.8 Å². The van der Waals surface area contributed by atoms with Crippen molar-refractivity contribution in [1.82, 2.24) is 0 Å². The van der Waals surface area contributed by atoms with Gasteiger partial charge in [0.05, 0.1) is 5.60 Å². The first kappa shape index (κ1) is 18.5. The molecule has 2 N–H and O–H groups in total. The normalized spacial score (nSPS) is 27.3. The Balaban J connectivity index is 2.13. The van der Waals surface area contributed by atoms with Crippen molar-refractivity contribution in [3.8, 4) is 0 Å². The number of carbonyl (C=O) groups excluding carboxylic acids is 1. The maximum absolute atomic E-state index is 12.5. The summed E-state index contributed by atoms with van der Waals surface area (Å²) in [5, 5.41) is 21.6. The molecule has 128 valence electrons. The van der Waals surface area contributed by atoms with Crippen LogP contribution in [0.1, 0.15) is 78.1 Å². The predicted octanol–water partition coefficient (Wildman–Crippen LogP) is 3.50. The van der Waals surface area contributed by atoms with Crippen molar-refractivity contribution in [1.29, 1.82) is 0 Å². The van der Waals surface area contributed by atoms with Gasteiger partial charge in [-0.15, -0.1) is 0 Å². The molecule has 2 aliphatic carbocycles. The molecular formula is C17H29IO4. The Labute approximate surface area is 147 Å². The number of halogens is 1. The van der Waals surface area contributed by atoms with Gasteiger partial charge in [0, 0.05) is 6.42 Å². The lowest BCUT2D eigenvalue weighted by Gasteiger charge is -2.38. The summed E-state index contributed by atoms with van der Waals surface area (Å²) in [6.07, 6.45) is 7.19. The Morgan fingerprint density at radius 2 is 1.68 bits per heavy atom. The van der Waals surface area contributed by atoms with Crippen LogP contribution in [0.3, 0.4) is 0 Å². The quantitative estimate of drug-likeness (QED) is 0.389. The summed E-state index contributed by atoms with van der Waals surface area (Å²) in [5.41, 5.74) is -1.74. The molecule has 2 atom stereocenters. The topological polar surface area (TPSA) is 66.8 Å². The molecule has 0 heterocycles. The third kappa shape index (κ3) is 4.15. The third-order valence-corrected chi connectivity index (χ3v) is 6.71. The van der Waals surface area contributed by atoms with Crippen molar-refractivity contribution in [2.75, 3.05) is 0 Å². The van der Waals surface area contributed by atoms with Crippen LogP contribution in [0.5, 0.6) is 0 Å². The van der Waals surface area contributed by atoms with E-state index in [0.29, 0.717) is 25.7 Å². The molecule has 0 aliphatic heterocycles. The average molecular weight is 424 g/mol. The summed E-state index contributed by atoms with van der Waals surface area (Å²) in [4.78, 5) is 12.5. The lowest BCUT2D eigenvalue weighted by atomic mass is 9.84.